The molecule has 3 N–H and O–H groups in total. The molecule has 0 aliphatic rings. The van der Waals surface area contributed by atoms with Crippen molar-refractivity contribution < 1.29 is 13.9 Å². The first-order chi connectivity index (χ1) is 16.0. The summed E-state index contributed by atoms with van der Waals surface area (Å²) in [6.07, 6.45) is 3.18. The number of rotatable bonds is 8. The minimum atomic E-state index is -0.363. The van der Waals surface area contributed by atoms with Crippen LogP contribution in [-0.2, 0) is 4.79 Å². The monoisotopic (exact) mass is 444 g/mol. The van der Waals surface area contributed by atoms with E-state index in [1.165, 1.54) is 30.6 Å². The molecule has 166 valence electrons. The van der Waals surface area contributed by atoms with Gasteiger partial charge in [0.1, 0.15) is 35.3 Å². The van der Waals surface area contributed by atoms with E-state index in [-0.39, 0.29) is 18.3 Å². The standard InChI is InChI=1S/C24H21FN6O2/c1-16-10-11-26-21(12-16)31-23-13-22(27-15-28-23)29-18-4-6-19(7-5-18)30-24(32)14-33-20-8-2-17(25)3-9-20/h2-13,15H,14H2,1H3,(H,30,32)(H2,26,27,28,29,31). The fourth-order valence-corrected chi connectivity index (χ4v) is 2.89. The summed E-state index contributed by atoms with van der Waals surface area (Å²) in [7, 11) is 0. The number of carbonyl (C=O) groups excluding carboxylic acids is 1. The number of nitrogens with zero attached hydrogens (tertiary/aromatic N) is 3. The number of benzene rings is 2. The molecule has 2 aromatic carbocycles. The number of carbonyl (C=O) groups is 1. The molecule has 0 atom stereocenters. The number of hydrogen-bond donors (Lipinski definition) is 3. The third-order valence-corrected chi connectivity index (χ3v) is 4.46. The summed E-state index contributed by atoms with van der Waals surface area (Å²) in [5, 5.41) is 9.09. The smallest absolute Gasteiger partial charge is 0.262 e. The number of halogens is 1. The van der Waals surface area contributed by atoms with Gasteiger partial charge in [-0.05, 0) is 73.2 Å². The van der Waals surface area contributed by atoms with Gasteiger partial charge in [-0.2, -0.15) is 0 Å². The van der Waals surface area contributed by atoms with Crippen molar-refractivity contribution in [2.45, 2.75) is 6.92 Å². The van der Waals surface area contributed by atoms with Crippen LogP contribution in [0.4, 0.5) is 33.2 Å². The molecule has 8 nitrogen and oxygen atoms in total. The fraction of sp³-hybridized carbons (Fsp3) is 0.0833. The molecule has 4 aromatic rings. The van der Waals surface area contributed by atoms with Crippen molar-refractivity contribution in [2.24, 2.45) is 0 Å². The van der Waals surface area contributed by atoms with Gasteiger partial charge in [0.2, 0.25) is 0 Å². The van der Waals surface area contributed by atoms with Gasteiger partial charge in [0, 0.05) is 23.6 Å². The van der Waals surface area contributed by atoms with Gasteiger partial charge in [-0.1, -0.05) is 0 Å². The molecule has 0 bridgehead atoms. The maximum absolute atomic E-state index is 12.9. The van der Waals surface area contributed by atoms with Gasteiger partial charge in [0.05, 0.1) is 0 Å². The van der Waals surface area contributed by atoms with Gasteiger partial charge < -0.3 is 20.7 Å². The molecule has 0 unspecified atom stereocenters. The van der Waals surface area contributed by atoms with E-state index >= 15 is 0 Å². The highest BCUT2D eigenvalue weighted by Crippen LogP contribution is 2.20. The van der Waals surface area contributed by atoms with E-state index in [9.17, 15) is 9.18 Å². The Morgan fingerprint density at radius 2 is 1.52 bits per heavy atom. The van der Waals surface area contributed by atoms with Crippen LogP contribution in [0.5, 0.6) is 5.75 Å². The molecule has 9 heteroatoms. The van der Waals surface area contributed by atoms with E-state index in [0.717, 1.165) is 11.3 Å². The van der Waals surface area contributed by atoms with Crippen LogP contribution in [0.2, 0.25) is 0 Å². The zero-order chi connectivity index (χ0) is 23.0. The predicted molar refractivity (Wildman–Crippen MR) is 125 cm³/mol. The van der Waals surface area contributed by atoms with Crippen molar-refractivity contribution in [2.75, 3.05) is 22.6 Å². The number of aromatic nitrogens is 3. The number of amides is 1. The predicted octanol–water partition coefficient (Wildman–Crippen LogP) is 4.82. The summed E-state index contributed by atoms with van der Waals surface area (Å²) in [6.45, 7) is 1.81. The molecule has 0 aliphatic carbocycles. The lowest BCUT2D eigenvalue weighted by molar-refractivity contribution is -0.118. The molecule has 0 saturated heterocycles. The minimum absolute atomic E-state index is 0.182. The molecule has 2 heterocycles. The van der Waals surface area contributed by atoms with Crippen LogP contribution >= 0.6 is 0 Å². The Kier molecular flexibility index (Phi) is 6.70. The Labute approximate surface area is 189 Å². The van der Waals surface area contributed by atoms with Crippen LogP contribution in [0.3, 0.4) is 0 Å². The van der Waals surface area contributed by atoms with E-state index in [2.05, 4.69) is 30.9 Å². The molecule has 1 amide bonds. The Balaban J connectivity index is 1.31. The largest absolute Gasteiger partial charge is 0.484 e. The van der Waals surface area contributed by atoms with E-state index in [1.54, 1.807) is 24.4 Å². The highest BCUT2D eigenvalue weighted by molar-refractivity contribution is 5.92. The van der Waals surface area contributed by atoms with E-state index in [1.807, 2.05) is 31.2 Å². The second-order valence-corrected chi connectivity index (χ2v) is 7.13. The summed E-state index contributed by atoms with van der Waals surface area (Å²) < 4.78 is 18.3. The Bertz CT molecular complexity index is 1230. The molecular formula is C24H21FN6O2. The lowest BCUT2D eigenvalue weighted by Crippen LogP contribution is -2.20. The van der Waals surface area contributed by atoms with Gasteiger partial charge in [-0.15, -0.1) is 0 Å². The SMILES string of the molecule is Cc1ccnc(Nc2cc(Nc3ccc(NC(=O)COc4ccc(F)cc4)cc3)ncn2)c1. The quantitative estimate of drug-likeness (QED) is 0.358. The zero-order valence-corrected chi connectivity index (χ0v) is 17.7. The third kappa shape index (κ3) is 6.47. The van der Waals surface area contributed by atoms with Gasteiger partial charge in [-0.3, -0.25) is 4.79 Å². The zero-order valence-electron chi connectivity index (χ0n) is 17.7. The van der Waals surface area contributed by atoms with Gasteiger partial charge >= 0.3 is 0 Å². The van der Waals surface area contributed by atoms with Crippen LogP contribution in [0.15, 0.2) is 79.3 Å². The van der Waals surface area contributed by atoms with Crippen LogP contribution in [0.1, 0.15) is 5.56 Å². The second kappa shape index (κ2) is 10.2. The molecule has 33 heavy (non-hydrogen) atoms. The molecule has 0 fully saturated rings. The highest BCUT2D eigenvalue weighted by Gasteiger charge is 2.06. The van der Waals surface area contributed by atoms with E-state index in [0.29, 0.717) is 28.9 Å². The Hall–Kier alpha value is -4.53. The number of nitrogens with one attached hydrogen (secondary N) is 3. The number of ether oxygens (including phenoxy) is 1. The van der Waals surface area contributed by atoms with E-state index in [4.69, 9.17) is 4.74 Å². The van der Waals surface area contributed by atoms with Crippen molar-refractivity contribution in [3.05, 3.63) is 90.6 Å². The summed E-state index contributed by atoms with van der Waals surface area (Å²) in [5.74, 6) is 1.64. The molecule has 0 radical (unpaired) electrons. The maximum atomic E-state index is 12.9. The maximum Gasteiger partial charge on any atom is 0.262 e. The van der Waals surface area contributed by atoms with Crippen LogP contribution < -0.4 is 20.7 Å². The summed E-state index contributed by atoms with van der Waals surface area (Å²) in [4.78, 5) is 24.8. The summed E-state index contributed by atoms with van der Waals surface area (Å²) in [5.41, 5.74) is 2.49. The first-order valence-corrected chi connectivity index (χ1v) is 10.1. The van der Waals surface area contributed by atoms with Gasteiger partial charge in [0.25, 0.3) is 5.91 Å². The van der Waals surface area contributed by atoms with Gasteiger partial charge in [-0.25, -0.2) is 19.3 Å². The Morgan fingerprint density at radius 3 is 2.24 bits per heavy atom. The normalized spacial score (nSPS) is 10.4. The first kappa shape index (κ1) is 21.7. The van der Waals surface area contributed by atoms with Crippen molar-refractivity contribution >= 4 is 34.7 Å². The lowest BCUT2D eigenvalue weighted by atomic mass is 10.2. The first-order valence-electron chi connectivity index (χ1n) is 10.1. The molecule has 0 spiro atoms. The number of pyridine rings is 1. The van der Waals surface area contributed by atoms with Crippen LogP contribution in [0.25, 0.3) is 0 Å². The van der Waals surface area contributed by atoms with Crippen molar-refractivity contribution in [1.82, 2.24) is 15.0 Å². The number of anilines is 5. The fourth-order valence-electron chi connectivity index (χ4n) is 2.89. The number of aryl methyl sites for hydroxylation is 1. The number of hydrogen-bond acceptors (Lipinski definition) is 7. The van der Waals surface area contributed by atoms with Crippen molar-refractivity contribution in [1.29, 1.82) is 0 Å². The highest BCUT2D eigenvalue weighted by atomic mass is 19.1. The van der Waals surface area contributed by atoms with Crippen LogP contribution in [-0.4, -0.2) is 27.5 Å². The van der Waals surface area contributed by atoms with E-state index < -0.39 is 0 Å². The summed E-state index contributed by atoms with van der Waals surface area (Å²) >= 11 is 0. The lowest BCUT2D eigenvalue weighted by Gasteiger charge is -2.10. The topological polar surface area (TPSA) is 101 Å². The van der Waals surface area contributed by atoms with Gasteiger partial charge in [0.15, 0.2) is 6.61 Å². The molecule has 4 rings (SSSR count). The van der Waals surface area contributed by atoms with Crippen molar-refractivity contribution in [3.63, 3.8) is 0 Å². The molecule has 2 aromatic heterocycles. The molecule has 0 aliphatic heterocycles. The average molecular weight is 444 g/mol. The summed E-state index contributed by atoms with van der Waals surface area (Å²) in [6, 6.07) is 18.2. The van der Waals surface area contributed by atoms with Crippen molar-refractivity contribution in [3.8, 4) is 5.75 Å². The average Bonchev–Trinajstić information content (AvgIpc) is 2.80. The molecular weight excluding hydrogens is 423 g/mol. The van der Waals surface area contributed by atoms with Crippen LogP contribution in [0, 0.1) is 12.7 Å². The molecule has 0 saturated carbocycles. The third-order valence-electron chi connectivity index (χ3n) is 4.46. The minimum Gasteiger partial charge on any atom is -0.484 e. The Morgan fingerprint density at radius 1 is 0.848 bits per heavy atom. The second-order valence-electron chi connectivity index (χ2n) is 7.13.